The van der Waals surface area contributed by atoms with Gasteiger partial charge < -0.3 is 19.7 Å². The maximum Gasteiger partial charge on any atom is 0.227 e. The van der Waals surface area contributed by atoms with Crippen molar-refractivity contribution < 1.29 is 24.5 Å². The van der Waals surface area contributed by atoms with Crippen molar-refractivity contribution in [2.45, 2.75) is 6.42 Å². The van der Waals surface area contributed by atoms with E-state index in [9.17, 15) is 20.1 Å². The minimum atomic E-state index is -0.481. The SMILES string of the molecule is O=C1c2c(O)cc(O)cc2Cc2cc(-c3nc4ccccc4o3)cc(O)c21. The number of aromatic nitrogens is 1. The van der Waals surface area contributed by atoms with Gasteiger partial charge in [0, 0.05) is 11.6 Å². The Hall–Kier alpha value is -3.80. The summed E-state index contributed by atoms with van der Waals surface area (Å²) in [6.07, 6.45) is 0.278. The van der Waals surface area contributed by atoms with Crippen molar-refractivity contribution >= 4 is 16.9 Å². The number of ketones is 1. The van der Waals surface area contributed by atoms with Gasteiger partial charge in [-0.05, 0) is 47.9 Å². The number of fused-ring (bicyclic) bond motifs is 3. The molecular formula is C21H13NO5. The number of phenols is 3. The Bertz CT molecular complexity index is 1220. The van der Waals surface area contributed by atoms with E-state index in [4.69, 9.17) is 4.42 Å². The molecule has 0 atom stereocenters. The topological polar surface area (TPSA) is 104 Å². The molecule has 0 spiro atoms. The van der Waals surface area contributed by atoms with Crippen molar-refractivity contribution in [1.29, 1.82) is 0 Å². The lowest BCUT2D eigenvalue weighted by atomic mass is 9.83. The molecule has 0 bridgehead atoms. The number of hydrogen-bond acceptors (Lipinski definition) is 6. The number of rotatable bonds is 1. The highest BCUT2D eigenvalue weighted by Gasteiger charge is 2.30. The van der Waals surface area contributed by atoms with E-state index in [1.807, 2.05) is 18.2 Å². The normalized spacial score (nSPS) is 12.8. The fraction of sp³-hybridized carbons (Fsp3) is 0.0476. The molecule has 0 saturated heterocycles. The number of aromatic hydroxyl groups is 3. The van der Waals surface area contributed by atoms with Crippen molar-refractivity contribution in [3.05, 3.63) is 70.8 Å². The first-order valence-corrected chi connectivity index (χ1v) is 8.32. The Morgan fingerprint density at radius 3 is 2.37 bits per heavy atom. The summed E-state index contributed by atoms with van der Waals surface area (Å²) in [6, 6.07) is 13.1. The van der Waals surface area contributed by atoms with E-state index in [2.05, 4.69) is 4.98 Å². The van der Waals surface area contributed by atoms with Crippen LogP contribution in [0.25, 0.3) is 22.6 Å². The second-order valence-corrected chi connectivity index (χ2v) is 6.52. The van der Waals surface area contributed by atoms with Crippen LogP contribution < -0.4 is 0 Å². The van der Waals surface area contributed by atoms with Gasteiger partial charge in [0.05, 0.1) is 11.1 Å². The molecule has 132 valence electrons. The van der Waals surface area contributed by atoms with Crippen molar-refractivity contribution in [3.63, 3.8) is 0 Å². The summed E-state index contributed by atoms with van der Waals surface area (Å²) in [5.74, 6) is -0.769. The van der Waals surface area contributed by atoms with Crippen LogP contribution in [0.4, 0.5) is 0 Å². The zero-order valence-corrected chi connectivity index (χ0v) is 13.9. The van der Waals surface area contributed by atoms with Crippen LogP contribution in [-0.2, 0) is 6.42 Å². The van der Waals surface area contributed by atoms with Crippen LogP contribution in [0.3, 0.4) is 0 Å². The molecule has 4 aromatic rings. The van der Waals surface area contributed by atoms with Gasteiger partial charge in [0.2, 0.25) is 11.7 Å². The number of nitrogens with zero attached hydrogens (tertiary/aromatic N) is 1. The summed E-state index contributed by atoms with van der Waals surface area (Å²) < 4.78 is 5.75. The lowest BCUT2D eigenvalue weighted by Gasteiger charge is -2.21. The minimum absolute atomic E-state index is 0.102. The van der Waals surface area contributed by atoms with Gasteiger partial charge >= 0.3 is 0 Å². The second-order valence-electron chi connectivity index (χ2n) is 6.52. The van der Waals surface area contributed by atoms with Gasteiger partial charge in [-0.15, -0.1) is 0 Å². The summed E-state index contributed by atoms with van der Waals surface area (Å²) in [7, 11) is 0. The Morgan fingerprint density at radius 2 is 1.59 bits per heavy atom. The molecule has 0 fully saturated rings. The van der Waals surface area contributed by atoms with Crippen LogP contribution >= 0.6 is 0 Å². The monoisotopic (exact) mass is 359 g/mol. The van der Waals surface area contributed by atoms with Gasteiger partial charge in [0.25, 0.3) is 0 Å². The molecule has 1 aliphatic rings. The molecule has 6 nitrogen and oxygen atoms in total. The Labute approximate surface area is 153 Å². The number of carbonyl (C=O) groups is 1. The van der Waals surface area contributed by atoms with Gasteiger partial charge in [-0.3, -0.25) is 4.79 Å². The summed E-state index contributed by atoms with van der Waals surface area (Å²) in [5.41, 5.74) is 3.19. The molecule has 0 amide bonds. The van der Waals surface area contributed by atoms with Crippen LogP contribution in [0, 0.1) is 0 Å². The van der Waals surface area contributed by atoms with Crippen molar-refractivity contribution in [3.8, 4) is 28.7 Å². The fourth-order valence-electron chi connectivity index (χ4n) is 3.61. The van der Waals surface area contributed by atoms with Gasteiger partial charge in [0.15, 0.2) is 5.58 Å². The maximum atomic E-state index is 12.8. The first kappa shape index (κ1) is 15.5. The summed E-state index contributed by atoms with van der Waals surface area (Å²) >= 11 is 0. The van der Waals surface area contributed by atoms with E-state index in [-0.39, 0.29) is 34.8 Å². The third-order valence-electron chi connectivity index (χ3n) is 4.76. The van der Waals surface area contributed by atoms with Crippen LogP contribution in [-0.4, -0.2) is 26.1 Å². The average molecular weight is 359 g/mol. The molecule has 1 heterocycles. The minimum Gasteiger partial charge on any atom is -0.508 e. The molecule has 6 heteroatoms. The smallest absolute Gasteiger partial charge is 0.227 e. The van der Waals surface area contributed by atoms with Crippen molar-refractivity contribution in [2.24, 2.45) is 0 Å². The Morgan fingerprint density at radius 1 is 0.889 bits per heavy atom. The summed E-state index contributed by atoms with van der Waals surface area (Å²) in [4.78, 5) is 17.2. The molecular weight excluding hydrogens is 346 g/mol. The third-order valence-corrected chi connectivity index (χ3v) is 4.76. The van der Waals surface area contributed by atoms with Crippen molar-refractivity contribution in [2.75, 3.05) is 0 Å². The fourth-order valence-corrected chi connectivity index (χ4v) is 3.61. The van der Waals surface area contributed by atoms with Crippen LogP contribution in [0.2, 0.25) is 0 Å². The predicted molar refractivity (Wildman–Crippen MR) is 97.1 cm³/mol. The number of carbonyl (C=O) groups excluding carboxylic acids is 1. The van der Waals surface area contributed by atoms with Crippen LogP contribution in [0.1, 0.15) is 27.0 Å². The number of para-hydroxylation sites is 2. The standard InChI is InChI=1S/C21H13NO5/c23-13-7-11-5-10-6-12(21-22-14-3-1-2-4-17(14)27-21)8-15(24)18(10)20(26)19(11)16(25)9-13/h1-4,6-9,23-25H,5H2. The highest BCUT2D eigenvalue weighted by atomic mass is 16.3. The molecule has 0 unspecified atom stereocenters. The molecule has 1 aromatic heterocycles. The zero-order chi connectivity index (χ0) is 18.7. The molecule has 27 heavy (non-hydrogen) atoms. The maximum absolute atomic E-state index is 12.8. The Balaban J connectivity index is 1.68. The van der Waals surface area contributed by atoms with Crippen LogP contribution in [0.5, 0.6) is 17.2 Å². The quantitative estimate of drug-likeness (QED) is 0.421. The van der Waals surface area contributed by atoms with E-state index in [0.29, 0.717) is 33.7 Å². The predicted octanol–water partition coefficient (Wildman–Crippen LogP) is 3.75. The second kappa shape index (κ2) is 5.35. The van der Waals surface area contributed by atoms with E-state index in [1.165, 1.54) is 12.1 Å². The van der Waals surface area contributed by atoms with Gasteiger partial charge in [-0.25, -0.2) is 4.98 Å². The first-order valence-electron chi connectivity index (χ1n) is 8.32. The molecule has 1 aliphatic carbocycles. The molecule has 0 aliphatic heterocycles. The van der Waals surface area contributed by atoms with E-state index in [1.54, 1.807) is 12.1 Å². The van der Waals surface area contributed by atoms with E-state index in [0.717, 1.165) is 6.07 Å². The van der Waals surface area contributed by atoms with Gasteiger partial charge in [0.1, 0.15) is 22.8 Å². The number of phenolic OH excluding ortho intramolecular Hbond substituents is 3. The highest BCUT2D eigenvalue weighted by molar-refractivity contribution is 6.15. The first-order chi connectivity index (χ1) is 13.0. The lowest BCUT2D eigenvalue weighted by molar-refractivity contribution is 0.103. The summed E-state index contributed by atoms with van der Waals surface area (Å²) in [5, 5.41) is 30.3. The molecule has 0 radical (unpaired) electrons. The largest absolute Gasteiger partial charge is 0.508 e. The number of benzene rings is 3. The number of oxazole rings is 1. The average Bonchev–Trinajstić information content (AvgIpc) is 3.04. The zero-order valence-electron chi connectivity index (χ0n) is 13.9. The highest BCUT2D eigenvalue weighted by Crippen LogP contribution is 2.40. The Kier molecular flexibility index (Phi) is 3.06. The van der Waals surface area contributed by atoms with Gasteiger partial charge in [-0.1, -0.05) is 12.1 Å². The number of hydrogen-bond donors (Lipinski definition) is 3. The van der Waals surface area contributed by atoms with E-state index >= 15 is 0 Å². The van der Waals surface area contributed by atoms with Crippen molar-refractivity contribution in [1.82, 2.24) is 4.98 Å². The molecule has 0 saturated carbocycles. The molecule has 3 N–H and O–H groups in total. The van der Waals surface area contributed by atoms with E-state index < -0.39 is 5.78 Å². The molecule has 3 aromatic carbocycles. The lowest BCUT2D eigenvalue weighted by Crippen LogP contribution is -2.15. The summed E-state index contributed by atoms with van der Waals surface area (Å²) in [6.45, 7) is 0. The third kappa shape index (κ3) is 2.27. The van der Waals surface area contributed by atoms with Gasteiger partial charge in [-0.2, -0.15) is 0 Å². The molecule has 5 rings (SSSR count). The van der Waals surface area contributed by atoms with Crippen LogP contribution in [0.15, 0.2) is 52.9 Å².